The van der Waals surface area contributed by atoms with Gasteiger partial charge in [0.15, 0.2) is 17.4 Å². The molecule has 0 aromatic heterocycles. The van der Waals surface area contributed by atoms with Crippen LogP contribution in [-0.4, -0.2) is 5.78 Å². The molecule has 1 rings (SSSR count). The maximum absolute atomic E-state index is 14.0. The number of Topliss-reactive ketones (excluding diaryl/α,β-unsaturated/α-hetero) is 1. The molecule has 0 saturated carbocycles. The average Bonchev–Trinajstić information content (AvgIpc) is 2.39. The number of hydrogen-bond acceptors (Lipinski definition) is 1. The predicted octanol–water partition coefficient (Wildman–Crippen LogP) is 5.09. The number of allylic oxidation sites excluding steroid dienone is 5. The van der Waals surface area contributed by atoms with Crippen LogP contribution in [-0.2, 0) is 0 Å². The summed E-state index contributed by atoms with van der Waals surface area (Å²) in [4.78, 5) is 11.2. The van der Waals surface area contributed by atoms with Crippen LogP contribution >= 0.6 is 0 Å². The zero-order chi connectivity index (χ0) is 15.4. The largest absolute Gasteiger partial charge is 0.294 e. The summed E-state index contributed by atoms with van der Waals surface area (Å²) in [5.41, 5.74) is 2.41. The molecule has 0 aliphatic rings. The van der Waals surface area contributed by atoms with Crippen molar-refractivity contribution in [2.45, 2.75) is 27.7 Å². The highest BCUT2D eigenvalue weighted by molar-refractivity contribution is 5.94. The second kappa shape index (κ2) is 6.42. The summed E-state index contributed by atoms with van der Waals surface area (Å²) >= 11 is 0. The van der Waals surface area contributed by atoms with Crippen LogP contribution in [0.2, 0.25) is 0 Å². The molecule has 0 bridgehead atoms. The Balaban J connectivity index is 3.36. The fraction of sp³-hybridized carbons (Fsp3) is 0.235. The first-order chi connectivity index (χ1) is 9.29. The monoisotopic (exact) mass is 276 g/mol. The van der Waals surface area contributed by atoms with Gasteiger partial charge in [0.2, 0.25) is 0 Å². The van der Waals surface area contributed by atoms with E-state index in [1.165, 1.54) is 19.1 Å². The molecule has 0 unspecified atom stereocenters. The summed E-state index contributed by atoms with van der Waals surface area (Å²) in [5.74, 6) is -2.58. The SMILES string of the molecule is C=C/C(C)=C(C)\C=C(/C)c1ccc(C(C)=O)c(F)c1F. The van der Waals surface area contributed by atoms with Gasteiger partial charge in [0.25, 0.3) is 0 Å². The molecule has 0 aliphatic heterocycles. The zero-order valence-corrected chi connectivity index (χ0v) is 12.2. The van der Waals surface area contributed by atoms with Crippen molar-refractivity contribution in [1.29, 1.82) is 0 Å². The third-order valence-electron chi connectivity index (χ3n) is 3.25. The Morgan fingerprint density at radius 3 is 2.00 bits per heavy atom. The van der Waals surface area contributed by atoms with Gasteiger partial charge < -0.3 is 0 Å². The fourth-order valence-corrected chi connectivity index (χ4v) is 1.80. The van der Waals surface area contributed by atoms with Crippen molar-refractivity contribution in [2.75, 3.05) is 0 Å². The van der Waals surface area contributed by atoms with Crippen molar-refractivity contribution in [3.63, 3.8) is 0 Å². The second-order valence-electron chi connectivity index (χ2n) is 4.74. The standard InChI is InChI=1S/C17H18F2O/c1-6-10(2)11(3)9-12(4)14-7-8-15(13(5)20)17(19)16(14)18/h6-9H,1H2,2-5H3/b11-10-,12-9+. The van der Waals surface area contributed by atoms with Crippen LogP contribution in [0, 0.1) is 11.6 Å². The molecule has 0 amide bonds. The van der Waals surface area contributed by atoms with E-state index < -0.39 is 17.4 Å². The van der Waals surface area contributed by atoms with Gasteiger partial charge >= 0.3 is 0 Å². The van der Waals surface area contributed by atoms with E-state index in [4.69, 9.17) is 0 Å². The van der Waals surface area contributed by atoms with Crippen LogP contribution in [0.25, 0.3) is 5.57 Å². The number of rotatable bonds is 4. The lowest BCUT2D eigenvalue weighted by molar-refractivity contribution is 0.101. The Bertz CT molecular complexity index is 622. The molecule has 106 valence electrons. The summed E-state index contributed by atoms with van der Waals surface area (Å²) in [6.45, 7) is 10.3. The molecule has 0 N–H and O–H groups in total. The minimum Gasteiger partial charge on any atom is -0.294 e. The summed E-state index contributed by atoms with van der Waals surface area (Å²) in [5, 5.41) is 0. The van der Waals surface area contributed by atoms with Gasteiger partial charge in [-0.25, -0.2) is 8.78 Å². The summed E-state index contributed by atoms with van der Waals surface area (Å²) < 4.78 is 27.8. The highest BCUT2D eigenvalue weighted by Crippen LogP contribution is 2.24. The highest BCUT2D eigenvalue weighted by Gasteiger charge is 2.16. The van der Waals surface area contributed by atoms with Crippen LogP contribution in [0.15, 0.2) is 42.0 Å². The minimum atomic E-state index is -1.09. The van der Waals surface area contributed by atoms with Gasteiger partial charge in [-0.1, -0.05) is 24.8 Å². The van der Waals surface area contributed by atoms with Crippen molar-refractivity contribution < 1.29 is 13.6 Å². The van der Waals surface area contributed by atoms with E-state index in [1.807, 2.05) is 13.8 Å². The van der Waals surface area contributed by atoms with E-state index in [0.29, 0.717) is 5.57 Å². The molecule has 1 aromatic carbocycles. The molecule has 3 heteroatoms. The quantitative estimate of drug-likeness (QED) is 0.552. The molecule has 0 spiro atoms. The van der Waals surface area contributed by atoms with Crippen LogP contribution < -0.4 is 0 Å². The average molecular weight is 276 g/mol. The molecule has 0 fully saturated rings. The Hall–Kier alpha value is -2.03. The van der Waals surface area contributed by atoms with E-state index in [-0.39, 0.29) is 11.1 Å². The Morgan fingerprint density at radius 2 is 1.50 bits per heavy atom. The molecule has 0 radical (unpaired) electrons. The number of hydrogen-bond donors (Lipinski definition) is 0. The van der Waals surface area contributed by atoms with Gasteiger partial charge in [0, 0.05) is 5.56 Å². The van der Waals surface area contributed by atoms with E-state index in [2.05, 4.69) is 6.58 Å². The minimum absolute atomic E-state index is 0.156. The molecule has 0 heterocycles. The Labute approximate surface area is 118 Å². The van der Waals surface area contributed by atoms with Crippen LogP contribution in [0.3, 0.4) is 0 Å². The molecular weight excluding hydrogens is 258 g/mol. The Kier molecular flexibility index (Phi) is 5.14. The fourth-order valence-electron chi connectivity index (χ4n) is 1.80. The summed E-state index contributed by atoms with van der Waals surface area (Å²) in [7, 11) is 0. The van der Waals surface area contributed by atoms with Gasteiger partial charge in [-0.05, 0) is 50.5 Å². The lowest BCUT2D eigenvalue weighted by Gasteiger charge is -2.08. The van der Waals surface area contributed by atoms with E-state index in [0.717, 1.165) is 11.1 Å². The van der Waals surface area contributed by atoms with E-state index >= 15 is 0 Å². The van der Waals surface area contributed by atoms with E-state index in [1.54, 1.807) is 19.1 Å². The van der Waals surface area contributed by atoms with Crippen molar-refractivity contribution in [3.05, 3.63) is 64.8 Å². The molecule has 0 saturated heterocycles. The van der Waals surface area contributed by atoms with Crippen molar-refractivity contribution in [3.8, 4) is 0 Å². The molecular formula is C17H18F2O. The molecule has 1 nitrogen and oxygen atoms in total. The van der Waals surface area contributed by atoms with Crippen molar-refractivity contribution >= 4 is 11.4 Å². The lowest BCUT2D eigenvalue weighted by Crippen LogP contribution is -2.02. The summed E-state index contributed by atoms with van der Waals surface area (Å²) in [6, 6.07) is 2.74. The van der Waals surface area contributed by atoms with Gasteiger partial charge in [-0.2, -0.15) is 0 Å². The van der Waals surface area contributed by atoms with Gasteiger partial charge in [0.1, 0.15) is 0 Å². The number of ketones is 1. The number of halogens is 2. The van der Waals surface area contributed by atoms with Gasteiger partial charge in [0.05, 0.1) is 5.56 Å². The zero-order valence-electron chi connectivity index (χ0n) is 12.2. The molecule has 0 atom stereocenters. The van der Waals surface area contributed by atoms with Gasteiger partial charge in [-0.3, -0.25) is 4.79 Å². The molecule has 0 aliphatic carbocycles. The first kappa shape index (κ1) is 16.0. The number of benzene rings is 1. The predicted molar refractivity (Wildman–Crippen MR) is 78.6 cm³/mol. The number of carbonyl (C=O) groups is 1. The van der Waals surface area contributed by atoms with Gasteiger partial charge in [-0.15, -0.1) is 0 Å². The molecule has 20 heavy (non-hydrogen) atoms. The maximum Gasteiger partial charge on any atom is 0.170 e. The third-order valence-corrected chi connectivity index (χ3v) is 3.25. The maximum atomic E-state index is 14.0. The highest BCUT2D eigenvalue weighted by atomic mass is 19.2. The van der Waals surface area contributed by atoms with Crippen molar-refractivity contribution in [1.82, 2.24) is 0 Å². The van der Waals surface area contributed by atoms with Crippen molar-refractivity contribution in [2.24, 2.45) is 0 Å². The number of carbonyl (C=O) groups excluding carboxylic acids is 1. The second-order valence-corrected chi connectivity index (χ2v) is 4.74. The summed E-state index contributed by atoms with van der Waals surface area (Å²) in [6.07, 6.45) is 3.47. The lowest BCUT2D eigenvalue weighted by atomic mass is 9.99. The van der Waals surface area contributed by atoms with Crippen LogP contribution in [0.5, 0.6) is 0 Å². The first-order valence-electron chi connectivity index (χ1n) is 6.27. The van der Waals surface area contributed by atoms with E-state index in [9.17, 15) is 13.6 Å². The topological polar surface area (TPSA) is 17.1 Å². The van der Waals surface area contributed by atoms with Crippen LogP contribution in [0.4, 0.5) is 8.78 Å². The van der Waals surface area contributed by atoms with Crippen LogP contribution in [0.1, 0.15) is 43.6 Å². The Morgan fingerprint density at radius 1 is 1.00 bits per heavy atom. The molecule has 1 aromatic rings. The normalized spacial score (nSPS) is 13.0. The third kappa shape index (κ3) is 3.29. The first-order valence-corrected chi connectivity index (χ1v) is 6.27. The smallest absolute Gasteiger partial charge is 0.170 e.